The van der Waals surface area contributed by atoms with Crippen molar-refractivity contribution in [1.29, 1.82) is 0 Å². The van der Waals surface area contributed by atoms with Gasteiger partial charge < -0.3 is 15.1 Å². The van der Waals surface area contributed by atoms with E-state index in [4.69, 9.17) is 4.42 Å². The molecule has 100 valence electrons. The van der Waals surface area contributed by atoms with E-state index in [1.165, 1.54) is 0 Å². The highest BCUT2D eigenvalue weighted by Crippen LogP contribution is 2.15. The summed E-state index contributed by atoms with van der Waals surface area (Å²) >= 11 is 0. The van der Waals surface area contributed by atoms with Gasteiger partial charge >= 0.3 is 0 Å². The Labute approximate surface area is 108 Å². The van der Waals surface area contributed by atoms with Crippen LogP contribution >= 0.6 is 0 Å². The highest BCUT2D eigenvalue weighted by Gasteiger charge is 2.16. The normalized spacial score (nSPS) is 18.6. The number of furan rings is 1. The fourth-order valence-corrected chi connectivity index (χ4v) is 2.12. The zero-order valence-electron chi connectivity index (χ0n) is 11.0. The molecule has 2 rings (SSSR count). The number of hydrogen-bond donors (Lipinski definition) is 2. The average molecular weight is 251 g/mol. The minimum atomic E-state index is -0.0749. The molecule has 18 heavy (non-hydrogen) atoms. The van der Waals surface area contributed by atoms with Crippen LogP contribution in [-0.4, -0.2) is 43.5 Å². The monoisotopic (exact) mass is 251 g/mol. The predicted molar refractivity (Wildman–Crippen MR) is 69.3 cm³/mol. The van der Waals surface area contributed by atoms with Gasteiger partial charge in [0.25, 0.3) is 0 Å². The second kappa shape index (κ2) is 6.02. The van der Waals surface area contributed by atoms with Crippen LogP contribution in [0, 0.1) is 6.92 Å². The number of piperazine rings is 1. The molecule has 1 aromatic heterocycles. The fourth-order valence-electron chi connectivity index (χ4n) is 2.12. The maximum Gasteiger partial charge on any atom is 0.234 e. The van der Waals surface area contributed by atoms with Gasteiger partial charge in [0.15, 0.2) is 0 Å². The summed E-state index contributed by atoms with van der Waals surface area (Å²) in [6.45, 7) is 8.09. The lowest BCUT2D eigenvalue weighted by atomic mass is 10.2. The summed E-state index contributed by atoms with van der Waals surface area (Å²) in [6.07, 6.45) is 0. The van der Waals surface area contributed by atoms with Gasteiger partial charge in [0.1, 0.15) is 11.5 Å². The summed E-state index contributed by atoms with van der Waals surface area (Å²) in [7, 11) is 0. The first kappa shape index (κ1) is 13.1. The molecular formula is C13H21N3O2. The van der Waals surface area contributed by atoms with Crippen LogP contribution in [-0.2, 0) is 4.79 Å². The highest BCUT2D eigenvalue weighted by atomic mass is 16.3. The summed E-state index contributed by atoms with van der Waals surface area (Å²) < 4.78 is 5.50. The van der Waals surface area contributed by atoms with E-state index in [9.17, 15) is 4.79 Å². The summed E-state index contributed by atoms with van der Waals surface area (Å²) in [5.74, 6) is 1.73. The molecule has 1 fully saturated rings. The molecule has 1 unspecified atom stereocenters. The molecule has 5 heteroatoms. The number of carbonyl (C=O) groups excluding carboxylic acids is 1. The molecule has 1 aliphatic rings. The van der Waals surface area contributed by atoms with Gasteiger partial charge in [-0.1, -0.05) is 0 Å². The van der Waals surface area contributed by atoms with Crippen molar-refractivity contribution in [3.05, 3.63) is 23.7 Å². The van der Waals surface area contributed by atoms with Gasteiger partial charge in [-0.15, -0.1) is 0 Å². The SMILES string of the molecule is Cc1ccc(C(C)NC(=O)CN2CCNCC2)o1. The van der Waals surface area contributed by atoms with E-state index in [0.29, 0.717) is 6.54 Å². The molecule has 0 bridgehead atoms. The highest BCUT2D eigenvalue weighted by molar-refractivity contribution is 5.78. The van der Waals surface area contributed by atoms with Crippen molar-refractivity contribution in [1.82, 2.24) is 15.5 Å². The summed E-state index contributed by atoms with van der Waals surface area (Å²) in [5, 5.41) is 6.23. The molecule has 5 nitrogen and oxygen atoms in total. The maximum absolute atomic E-state index is 11.9. The number of nitrogens with zero attached hydrogens (tertiary/aromatic N) is 1. The Morgan fingerprint density at radius 1 is 1.50 bits per heavy atom. The van der Waals surface area contributed by atoms with Gasteiger partial charge in [-0.25, -0.2) is 0 Å². The molecule has 0 saturated carbocycles. The van der Waals surface area contributed by atoms with Gasteiger partial charge in [-0.05, 0) is 26.0 Å². The van der Waals surface area contributed by atoms with Crippen molar-refractivity contribution in [3.63, 3.8) is 0 Å². The van der Waals surface area contributed by atoms with Gasteiger partial charge in [0.05, 0.1) is 12.6 Å². The Bertz CT molecular complexity index is 397. The number of hydrogen-bond acceptors (Lipinski definition) is 4. The lowest BCUT2D eigenvalue weighted by Gasteiger charge is -2.26. The van der Waals surface area contributed by atoms with Crippen LogP contribution < -0.4 is 10.6 Å². The summed E-state index contributed by atoms with van der Waals surface area (Å²) in [4.78, 5) is 14.0. The largest absolute Gasteiger partial charge is 0.464 e. The molecule has 0 spiro atoms. The van der Waals surface area contributed by atoms with Crippen molar-refractivity contribution in [2.75, 3.05) is 32.7 Å². The number of aryl methyl sites for hydroxylation is 1. The van der Waals surface area contributed by atoms with Crippen molar-refractivity contribution < 1.29 is 9.21 Å². The fraction of sp³-hybridized carbons (Fsp3) is 0.615. The summed E-state index contributed by atoms with van der Waals surface area (Å²) in [6, 6.07) is 3.74. The first-order valence-corrected chi connectivity index (χ1v) is 6.44. The Kier molecular flexibility index (Phi) is 4.38. The van der Waals surface area contributed by atoms with E-state index in [1.807, 2.05) is 26.0 Å². The Morgan fingerprint density at radius 3 is 2.83 bits per heavy atom. The third-order valence-corrected chi connectivity index (χ3v) is 3.14. The van der Waals surface area contributed by atoms with Crippen molar-refractivity contribution in [3.8, 4) is 0 Å². The van der Waals surface area contributed by atoms with Crippen molar-refractivity contribution in [2.45, 2.75) is 19.9 Å². The Balaban J connectivity index is 1.79. The molecule has 1 saturated heterocycles. The molecular weight excluding hydrogens is 230 g/mol. The molecule has 1 aromatic rings. The van der Waals surface area contributed by atoms with Crippen LogP contribution in [0.5, 0.6) is 0 Å². The second-order valence-electron chi connectivity index (χ2n) is 4.76. The van der Waals surface area contributed by atoms with Crippen LogP contribution in [0.25, 0.3) is 0 Å². The van der Waals surface area contributed by atoms with Crippen LogP contribution in [0.15, 0.2) is 16.5 Å². The van der Waals surface area contributed by atoms with Crippen molar-refractivity contribution >= 4 is 5.91 Å². The first-order chi connectivity index (χ1) is 8.65. The lowest BCUT2D eigenvalue weighted by Crippen LogP contribution is -2.47. The third kappa shape index (κ3) is 3.58. The van der Waals surface area contributed by atoms with Crippen LogP contribution in [0.1, 0.15) is 24.5 Å². The molecule has 0 radical (unpaired) electrons. The minimum absolute atomic E-state index is 0.0541. The topological polar surface area (TPSA) is 57.5 Å². The van der Waals surface area contributed by atoms with Gasteiger partial charge in [-0.2, -0.15) is 0 Å². The lowest BCUT2D eigenvalue weighted by molar-refractivity contribution is -0.123. The molecule has 1 atom stereocenters. The standard InChI is InChI=1S/C13H21N3O2/c1-10-3-4-12(18-10)11(2)15-13(17)9-16-7-5-14-6-8-16/h3-4,11,14H,5-9H2,1-2H3,(H,15,17). The number of carbonyl (C=O) groups is 1. The molecule has 1 aliphatic heterocycles. The quantitative estimate of drug-likeness (QED) is 0.826. The number of amides is 1. The molecule has 0 aliphatic carbocycles. The van der Waals surface area contributed by atoms with E-state index in [0.717, 1.165) is 37.7 Å². The maximum atomic E-state index is 11.9. The van der Waals surface area contributed by atoms with Gasteiger partial charge in [-0.3, -0.25) is 9.69 Å². The van der Waals surface area contributed by atoms with Crippen LogP contribution in [0.3, 0.4) is 0 Å². The van der Waals surface area contributed by atoms with E-state index in [-0.39, 0.29) is 11.9 Å². The average Bonchev–Trinajstić information content (AvgIpc) is 2.77. The number of nitrogens with one attached hydrogen (secondary N) is 2. The van der Waals surface area contributed by atoms with Crippen LogP contribution in [0.4, 0.5) is 0 Å². The minimum Gasteiger partial charge on any atom is -0.464 e. The molecule has 1 amide bonds. The molecule has 0 aromatic carbocycles. The second-order valence-corrected chi connectivity index (χ2v) is 4.76. The van der Waals surface area contributed by atoms with E-state index < -0.39 is 0 Å². The van der Waals surface area contributed by atoms with Gasteiger partial charge in [0, 0.05) is 26.2 Å². The Hall–Kier alpha value is -1.33. The van der Waals surface area contributed by atoms with E-state index in [1.54, 1.807) is 0 Å². The van der Waals surface area contributed by atoms with E-state index in [2.05, 4.69) is 15.5 Å². The summed E-state index contributed by atoms with van der Waals surface area (Å²) in [5.41, 5.74) is 0. The van der Waals surface area contributed by atoms with Crippen LogP contribution in [0.2, 0.25) is 0 Å². The van der Waals surface area contributed by atoms with Crippen molar-refractivity contribution in [2.24, 2.45) is 0 Å². The van der Waals surface area contributed by atoms with Gasteiger partial charge in [0.2, 0.25) is 5.91 Å². The first-order valence-electron chi connectivity index (χ1n) is 6.44. The Morgan fingerprint density at radius 2 is 2.22 bits per heavy atom. The zero-order valence-corrected chi connectivity index (χ0v) is 11.0. The zero-order chi connectivity index (χ0) is 13.0. The smallest absolute Gasteiger partial charge is 0.234 e. The molecule has 2 N–H and O–H groups in total. The number of rotatable bonds is 4. The predicted octanol–water partition coefficient (Wildman–Crippen LogP) is 0.670. The third-order valence-electron chi connectivity index (χ3n) is 3.14. The molecule has 2 heterocycles. The van der Waals surface area contributed by atoms with E-state index >= 15 is 0 Å².